The number of nitrogens with zero attached hydrogens (tertiary/aromatic N) is 2. The maximum atomic E-state index is 13.4. The van der Waals surface area contributed by atoms with Gasteiger partial charge in [0, 0.05) is 5.69 Å². The third-order valence-electron chi connectivity index (χ3n) is 5.37. The number of rotatable bonds is 6. The lowest BCUT2D eigenvalue weighted by Gasteiger charge is -2.33. The number of carbonyl (C=O) groups excluding carboxylic acids is 1. The van der Waals surface area contributed by atoms with Gasteiger partial charge in [-0.1, -0.05) is 6.42 Å². The highest BCUT2D eigenvalue weighted by Crippen LogP contribution is 2.42. The van der Waals surface area contributed by atoms with Gasteiger partial charge in [-0.3, -0.25) is 19.8 Å². The van der Waals surface area contributed by atoms with Gasteiger partial charge in [-0.2, -0.15) is 0 Å². The highest BCUT2D eigenvalue weighted by atomic mass is 16.7. The van der Waals surface area contributed by atoms with Crippen molar-refractivity contribution in [1.82, 2.24) is 4.90 Å². The normalized spacial score (nSPS) is 16.7. The number of fused-ring (bicyclic) bond motifs is 1. The second kappa shape index (κ2) is 8.58. The average molecular weight is 413 g/mol. The summed E-state index contributed by atoms with van der Waals surface area (Å²) < 4.78 is 15.9. The number of nitro groups is 1. The zero-order chi connectivity index (χ0) is 21.1. The van der Waals surface area contributed by atoms with E-state index >= 15 is 0 Å². The molecule has 0 spiro atoms. The number of benzene rings is 2. The van der Waals surface area contributed by atoms with Gasteiger partial charge in [-0.05, 0) is 56.3 Å². The number of anilines is 1. The van der Waals surface area contributed by atoms with Crippen molar-refractivity contribution in [3.05, 3.63) is 52.1 Å². The van der Waals surface area contributed by atoms with Gasteiger partial charge in [0.05, 0.1) is 23.7 Å². The number of ether oxygens (including phenoxy) is 3. The lowest BCUT2D eigenvalue weighted by molar-refractivity contribution is -0.385. The smallest absolute Gasteiger partial charge is 0.278 e. The van der Waals surface area contributed by atoms with Crippen LogP contribution in [0.4, 0.5) is 11.4 Å². The average Bonchev–Trinajstić information content (AvgIpc) is 3.22. The number of piperidine rings is 1. The molecule has 2 aromatic rings. The van der Waals surface area contributed by atoms with Gasteiger partial charge in [0.25, 0.3) is 5.69 Å². The fourth-order valence-electron chi connectivity index (χ4n) is 3.89. The number of methoxy groups -OCH3 is 1. The van der Waals surface area contributed by atoms with E-state index in [9.17, 15) is 14.9 Å². The van der Waals surface area contributed by atoms with E-state index in [2.05, 4.69) is 5.32 Å². The first-order valence-electron chi connectivity index (χ1n) is 9.83. The maximum Gasteiger partial charge on any atom is 0.278 e. The monoisotopic (exact) mass is 413 g/mol. The molecule has 1 fully saturated rings. The minimum Gasteiger partial charge on any atom is -0.497 e. The minimum atomic E-state index is -0.817. The fourth-order valence-corrected chi connectivity index (χ4v) is 3.89. The highest BCUT2D eigenvalue weighted by molar-refractivity contribution is 5.96. The van der Waals surface area contributed by atoms with Gasteiger partial charge >= 0.3 is 0 Å². The van der Waals surface area contributed by atoms with Crippen LogP contribution in [0.5, 0.6) is 17.2 Å². The SMILES string of the molecule is COc1ccc(NC(=O)[C@@H](c2cc3c(cc2[N+](=O)[O-])OCO3)N2CCCCC2)cc1. The van der Waals surface area contributed by atoms with E-state index in [4.69, 9.17) is 14.2 Å². The van der Waals surface area contributed by atoms with Gasteiger partial charge in [0.15, 0.2) is 11.5 Å². The van der Waals surface area contributed by atoms with Gasteiger partial charge in [-0.15, -0.1) is 0 Å². The third-order valence-corrected chi connectivity index (χ3v) is 5.37. The van der Waals surface area contributed by atoms with Crippen molar-refractivity contribution in [3.8, 4) is 17.2 Å². The summed E-state index contributed by atoms with van der Waals surface area (Å²) in [4.78, 5) is 26.7. The number of likely N-dealkylation sites (tertiary alicyclic amines) is 1. The van der Waals surface area contributed by atoms with E-state index in [1.807, 2.05) is 4.90 Å². The molecule has 0 unspecified atom stereocenters. The maximum absolute atomic E-state index is 13.4. The number of carbonyl (C=O) groups is 1. The Hall–Kier alpha value is -3.33. The highest BCUT2D eigenvalue weighted by Gasteiger charge is 2.36. The second-order valence-corrected chi connectivity index (χ2v) is 7.24. The zero-order valence-electron chi connectivity index (χ0n) is 16.6. The molecule has 1 N–H and O–H groups in total. The van der Waals surface area contributed by atoms with Crippen LogP contribution in [0.15, 0.2) is 36.4 Å². The Morgan fingerprint density at radius 2 is 1.80 bits per heavy atom. The van der Waals surface area contributed by atoms with Crippen LogP contribution in [0, 0.1) is 10.1 Å². The van der Waals surface area contributed by atoms with Gasteiger partial charge in [0.1, 0.15) is 11.8 Å². The molecule has 2 heterocycles. The molecule has 9 nitrogen and oxygen atoms in total. The van der Waals surface area contributed by atoms with Crippen molar-refractivity contribution in [3.63, 3.8) is 0 Å². The van der Waals surface area contributed by atoms with Crippen LogP contribution >= 0.6 is 0 Å². The Bertz CT molecular complexity index is 941. The zero-order valence-corrected chi connectivity index (χ0v) is 16.6. The van der Waals surface area contributed by atoms with Gasteiger partial charge < -0.3 is 19.5 Å². The summed E-state index contributed by atoms with van der Waals surface area (Å²) in [6, 6.07) is 9.05. The van der Waals surface area contributed by atoms with E-state index in [1.165, 1.54) is 6.07 Å². The lowest BCUT2D eigenvalue weighted by atomic mass is 9.98. The second-order valence-electron chi connectivity index (χ2n) is 7.24. The van der Waals surface area contributed by atoms with Crippen molar-refractivity contribution in [1.29, 1.82) is 0 Å². The number of nitro benzene ring substituents is 1. The first-order chi connectivity index (χ1) is 14.6. The molecule has 0 saturated carbocycles. The summed E-state index contributed by atoms with van der Waals surface area (Å²) in [5.41, 5.74) is 0.739. The number of nitrogens with one attached hydrogen (secondary N) is 1. The van der Waals surface area contributed by atoms with Crippen molar-refractivity contribution in [2.24, 2.45) is 0 Å². The van der Waals surface area contributed by atoms with E-state index < -0.39 is 11.0 Å². The molecular formula is C21H23N3O6. The summed E-state index contributed by atoms with van der Waals surface area (Å²) in [5, 5.41) is 14.7. The molecule has 1 saturated heterocycles. The molecule has 1 atom stereocenters. The molecule has 2 aliphatic heterocycles. The molecule has 0 bridgehead atoms. The van der Waals surface area contributed by atoms with Crippen molar-refractivity contribution in [2.45, 2.75) is 25.3 Å². The Kier molecular flexibility index (Phi) is 5.71. The number of hydrogen-bond donors (Lipinski definition) is 1. The number of amides is 1. The molecule has 9 heteroatoms. The lowest BCUT2D eigenvalue weighted by Crippen LogP contribution is -2.40. The van der Waals surface area contributed by atoms with Crippen LogP contribution in [-0.2, 0) is 4.79 Å². The molecule has 2 aromatic carbocycles. The van der Waals surface area contributed by atoms with Crippen molar-refractivity contribution in [2.75, 3.05) is 32.3 Å². The largest absolute Gasteiger partial charge is 0.497 e. The molecule has 0 aromatic heterocycles. The first-order valence-corrected chi connectivity index (χ1v) is 9.83. The Morgan fingerprint density at radius 1 is 1.13 bits per heavy atom. The molecule has 158 valence electrons. The Balaban J connectivity index is 1.71. The standard InChI is InChI=1S/C21H23N3O6/c1-28-15-7-5-14(6-8-15)22-21(25)20(23-9-3-2-4-10-23)16-11-18-19(30-13-29-18)12-17(16)24(26)27/h5-8,11-12,20H,2-4,9-10,13H2,1H3,(H,22,25)/t20-/m1/s1. The summed E-state index contributed by atoms with van der Waals surface area (Å²) in [7, 11) is 1.57. The molecule has 4 rings (SSSR count). The topological polar surface area (TPSA) is 103 Å². The summed E-state index contributed by atoms with van der Waals surface area (Å²) in [6.07, 6.45) is 2.95. The predicted octanol–water partition coefficient (Wildman–Crippen LogP) is 3.50. The summed E-state index contributed by atoms with van der Waals surface area (Å²) >= 11 is 0. The molecule has 2 aliphatic rings. The molecule has 0 aliphatic carbocycles. The van der Waals surface area contributed by atoms with Crippen LogP contribution in [0.25, 0.3) is 0 Å². The Labute approximate surface area is 173 Å². The quantitative estimate of drug-likeness (QED) is 0.571. The van der Waals surface area contributed by atoms with Gasteiger partial charge in [0.2, 0.25) is 12.7 Å². The van der Waals surface area contributed by atoms with E-state index in [-0.39, 0.29) is 18.4 Å². The third kappa shape index (κ3) is 4.02. The molecule has 1 amide bonds. The van der Waals surface area contributed by atoms with Gasteiger partial charge in [-0.25, -0.2) is 0 Å². The van der Waals surface area contributed by atoms with E-state index in [1.54, 1.807) is 37.4 Å². The van der Waals surface area contributed by atoms with Crippen LogP contribution in [-0.4, -0.2) is 42.7 Å². The summed E-state index contributed by atoms with van der Waals surface area (Å²) in [5.74, 6) is 1.07. The number of hydrogen-bond acceptors (Lipinski definition) is 7. The van der Waals surface area contributed by atoms with Crippen LogP contribution in [0.1, 0.15) is 30.9 Å². The van der Waals surface area contributed by atoms with Crippen LogP contribution in [0.2, 0.25) is 0 Å². The van der Waals surface area contributed by atoms with Crippen LogP contribution < -0.4 is 19.5 Å². The Morgan fingerprint density at radius 3 is 2.43 bits per heavy atom. The molecule has 30 heavy (non-hydrogen) atoms. The van der Waals surface area contributed by atoms with Crippen LogP contribution in [0.3, 0.4) is 0 Å². The summed E-state index contributed by atoms with van der Waals surface area (Å²) in [6.45, 7) is 1.38. The fraction of sp³-hybridized carbons (Fsp3) is 0.381. The first kappa shape index (κ1) is 20.0. The molecule has 0 radical (unpaired) electrons. The van der Waals surface area contributed by atoms with Crippen molar-refractivity contribution >= 4 is 17.3 Å². The minimum absolute atomic E-state index is 0.00235. The molecular weight excluding hydrogens is 390 g/mol. The van der Waals surface area contributed by atoms with E-state index in [0.717, 1.165) is 19.3 Å². The predicted molar refractivity (Wildman–Crippen MR) is 109 cm³/mol. The van der Waals surface area contributed by atoms with E-state index in [0.29, 0.717) is 41.6 Å². The van der Waals surface area contributed by atoms with Crippen molar-refractivity contribution < 1.29 is 23.9 Å².